The average Bonchev–Trinajstić information content (AvgIpc) is 2.96. The summed E-state index contributed by atoms with van der Waals surface area (Å²) in [6.45, 7) is 0. The standard InChI is InChI=1S/C29H23N5O4/c35-24(34-38)18-29(21-12-2-1-3-13-21,27(36)32-22-14-4-8-19-10-6-16-30-25(19)22)28(37)33-23-15-5-9-20-11-7-17-31-26(20)23/h1-17,38H,18H2,(H,32,36)(H,33,37)(H,34,35). The molecule has 0 aliphatic carbocycles. The number of hydrogen-bond donors (Lipinski definition) is 4. The first kappa shape index (κ1) is 24.5. The van der Waals surface area contributed by atoms with E-state index < -0.39 is 29.6 Å². The number of pyridine rings is 2. The first-order chi connectivity index (χ1) is 18.5. The number of amides is 3. The summed E-state index contributed by atoms with van der Waals surface area (Å²) in [5.41, 5.74) is 1.55. The van der Waals surface area contributed by atoms with Crippen molar-refractivity contribution in [2.75, 3.05) is 10.6 Å². The number of nitrogens with zero attached hydrogens (tertiary/aromatic N) is 2. The molecular weight excluding hydrogens is 482 g/mol. The van der Waals surface area contributed by atoms with E-state index in [4.69, 9.17) is 0 Å². The number of hydroxylamine groups is 1. The van der Waals surface area contributed by atoms with E-state index in [1.807, 2.05) is 24.3 Å². The van der Waals surface area contributed by atoms with Crippen LogP contribution in [0, 0.1) is 0 Å². The molecule has 0 saturated heterocycles. The third-order valence-electron chi connectivity index (χ3n) is 6.35. The second-order valence-corrected chi connectivity index (χ2v) is 8.65. The van der Waals surface area contributed by atoms with Gasteiger partial charge in [-0.2, -0.15) is 0 Å². The molecule has 0 fully saturated rings. The van der Waals surface area contributed by atoms with Crippen molar-refractivity contribution in [3.63, 3.8) is 0 Å². The second-order valence-electron chi connectivity index (χ2n) is 8.65. The number of rotatable bonds is 7. The topological polar surface area (TPSA) is 133 Å². The zero-order valence-electron chi connectivity index (χ0n) is 20.1. The van der Waals surface area contributed by atoms with E-state index in [1.54, 1.807) is 84.6 Å². The van der Waals surface area contributed by atoms with Gasteiger partial charge in [-0.3, -0.25) is 29.6 Å². The van der Waals surface area contributed by atoms with Gasteiger partial charge in [-0.25, -0.2) is 5.48 Å². The van der Waals surface area contributed by atoms with Gasteiger partial charge in [-0.15, -0.1) is 0 Å². The van der Waals surface area contributed by atoms with Gasteiger partial charge in [0.15, 0.2) is 5.41 Å². The van der Waals surface area contributed by atoms with Gasteiger partial charge >= 0.3 is 0 Å². The van der Waals surface area contributed by atoms with Crippen molar-refractivity contribution in [3.05, 3.63) is 109 Å². The molecule has 0 aliphatic heterocycles. The molecule has 5 aromatic rings. The highest BCUT2D eigenvalue weighted by atomic mass is 16.5. The lowest BCUT2D eigenvalue weighted by molar-refractivity contribution is -0.139. The van der Waals surface area contributed by atoms with E-state index in [0.717, 1.165) is 10.8 Å². The molecule has 0 spiro atoms. The fraction of sp³-hybridized carbons (Fsp3) is 0.0690. The maximum Gasteiger partial charge on any atom is 0.245 e. The summed E-state index contributed by atoms with van der Waals surface area (Å²) in [6, 6.07) is 26.0. The minimum atomic E-state index is -2.07. The monoisotopic (exact) mass is 505 g/mol. The first-order valence-corrected chi connectivity index (χ1v) is 11.8. The number of fused-ring (bicyclic) bond motifs is 2. The lowest BCUT2D eigenvalue weighted by atomic mass is 9.75. The molecule has 5 rings (SSSR count). The molecule has 0 unspecified atom stereocenters. The SMILES string of the molecule is O=C(CC(C(=O)Nc1cccc2cccnc12)(C(=O)Nc1cccc2cccnc12)c1ccccc1)NO. The van der Waals surface area contributed by atoms with Crippen LogP contribution < -0.4 is 16.1 Å². The predicted octanol–water partition coefficient (Wildman–Crippen LogP) is 4.19. The summed E-state index contributed by atoms with van der Waals surface area (Å²) in [7, 11) is 0. The van der Waals surface area contributed by atoms with Crippen LogP contribution in [0.1, 0.15) is 12.0 Å². The second kappa shape index (κ2) is 10.5. The minimum absolute atomic E-state index is 0.264. The van der Waals surface area contributed by atoms with Crippen LogP contribution >= 0.6 is 0 Å². The van der Waals surface area contributed by atoms with Crippen molar-refractivity contribution in [3.8, 4) is 0 Å². The third kappa shape index (κ3) is 4.54. The van der Waals surface area contributed by atoms with Crippen molar-refractivity contribution >= 4 is 50.9 Å². The van der Waals surface area contributed by atoms with E-state index >= 15 is 0 Å². The Balaban J connectivity index is 1.64. The van der Waals surface area contributed by atoms with Crippen molar-refractivity contribution in [2.45, 2.75) is 11.8 Å². The fourth-order valence-electron chi connectivity index (χ4n) is 4.50. The van der Waals surface area contributed by atoms with Gasteiger partial charge in [0.2, 0.25) is 17.7 Å². The number of anilines is 2. The van der Waals surface area contributed by atoms with Crippen molar-refractivity contribution < 1.29 is 19.6 Å². The highest BCUT2D eigenvalue weighted by Gasteiger charge is 2.49. The maximum absolute atomic E-state index is 14.1. The maximum atomic E-state index is 14.1. The van der Waals surface area contributed by atoms with Crippen LogP contribution in [-0.4, -0.2) is 32.9 Å². The zero-order valence-corrected chi connectivity index (χ0v) is 20.1. The number of carbonyl (C=O) groups excluding carboxylic acids is 3. The summed E-state index contributed by atoms with van der Waals surface area (Å²) >= 11 is 0. The zero-order chi connectivity index (χ0) is 26.5. The van der Waals surface area contributed by atoms with Crippen LogP contribution in [0.15, 0.2) is 103 Å². The quantitative estimate of drug-likeness (QED) is 0.149. The highest BCUT2D eigenvalue weighted by Crippen LogP contribution is 2.34. The molecule has 4 N–H and O–H groups in total. The largest absolute Gasteiger partial charge is 0.323 e. The number of carbonyl (C=O) groups is 3. The summed E-state index contributed by atoms with van der Waals surface area (Å²) in [5, 5.41) is 16.6. The lowest BCUT2D eigenvalue weighted by Gasteiger charge is -2.31. The third-order valence-corrected chi connectivity index (χ3v) is 6.35. The molecule has 2 heterocycles. The van der Waals surface area contributed by atoms with Gasteiger partial charge in [0.05, 0.1) is 28.8 Å². The predicted molar refractivity (Wildman–Crippen MR) is 143 cm³/mol. The van der Waals surface area contributed by atoms with Crippen molar-refractivity contribution in [1.82, 2.24) is 15.4 Å². The first-order valence-electron chi connectivity index (χ1n) is 11.8. The molecule has 2 aromatic heterocycles. The molecule has 0 atom stereocenters. The van der Waals surface area contributed by atoms with Crippen LogP contribution in [0.2, 0.25) is 0 Å². The van der Waals surface area contributed by atoms with Gasteiger partial charge in [-0.1, -0.05) is 66.7 Å². The van der Waals surface area contributed by atoms with Crippen LogP contribution in [0.4, 0.5) is 11.4 Å². The Morgan fingerprint density at radius 2 is 1.16 bits per heavy atom. The van der Waals surface area contributed by atoms with Crippen LogP contribution in [-0.2, 0) is 19.8 Å². The minimum Gasteiger partial charge on any atom is -0.323 e. The molecule has 3 amide bonds. The van der Waals surface area contributed by atoms with E-state index in [1.165, 1.54) is 0 Å². The Morgan fingerprint density at radius 3 is 1.66 bits per heavy atom. The van der Waals surface area contributed by atoms with Gasteiger partial charge < -0.3 is 10.6 Å². The molecule has 188 valence electrons. The van der Waals surface area contributed by atoms with Crippen molar-refractivity contribution in [1.29, 1.82) is 0 Å². The van der Waals surface area contributed by atoms with E-state index in [-0.39, 0.29) is 5.56 Å². The molecule has 38 heavy (non-hydrogen) atoms. The summed E-state index contributed by atoms with van der Waals surface area (Å²) in [5.74, 6) is -2.45. The Labute approximate surface area is 217 Å². The number of nitrogens with one attached hydrogen (secondary N) is 3. The van der Waals surface area contributed by atoms with Crippen LogP contribution in [0.5, 0.6) is 0 Å². The smallest absolute Gasteiger partial charge is 0.245 e. The molecule has 3 aromatic carbocycles. The molecule has 0 saturated carbocycles. The number of hydrogen-bond acceptors (Lipinski definition) is 6. The average molecular weight is 506 g/mol. The normalized spacial score (nSPS) is 11.2. The molecule has 0 bridgehead atoms. The Morgan fingerprint density at radius 1 is 0.658 bits per heavy atom. The molecular formula is C29H23N5O4. The lowest BCUT2D eigenvalue weighted by Crippen LogP contribution is -2.52. The van der Waals surface area contributed by atoms with Gasteiger partial charge in [0, 0.05) is 23.2 Å². The van der Waals surface area contributed by atoms with Crippen LogP contribution in [0.3, 0.4) is 0 Å². The molecule has 0 radical (unpaired) electrons. The number of aromatic nitrogens is 2. The van der Waals surface area contributed by atoms with E-state index in [0.29, 0.717) is 22.4 Å². The Kier molecular flexibility index (Phi) is 6.75. The highest BCUT2D eigenvalue weighted by molar-refractivity contribution is 6.22. The fourth-order valence-corrected chi connectivity index (χ4v) is 4.50. The van der Waals surface area contributed by atoms with Crippen molar-refractivity contribution in [2.24, 2.45) is 0 Å². The van der Waals surface area contributed by atoms with Gasteiger partial charge in [0.1, 0.15) is 0 Å². The van der Waals surface area contributed by atoms with E-state index in [9.17, 15) is 19.6 Å². The number of para-hydroxylation sites is 2. The molecule has 0 aliphatic rings. The Hall–Kier alpha value is -5.15. The summed E-state index contributed by atoms with van der Waals surface area (Å²) in [6.07, 6.45) is 2.53. The Bertz CT molecular complexity index is 1550. The summed E-state index contributed by atoms with van der Waals surface area (Å²) < 4.78 is 0. The summed E-state index contributed by atoms with van der Waals surface area (Å²) in [4.78, 5) is 49.6. The van der Waals surface area contributed by atoms with E-state index in [2.05, 4.69) is 20.6 Å². The van der Waals surface area contributed by atoms with Crippen LogP contribution in [0.25, 0.3) is 21.8 Å². The van der Waals surface area contributed by atoms with Gasteiger partial charge in [0.25, 0.3) is 0 Å². The molecule has 9 nitrogen and oxygen atoms in total. The molecule has 9 heteroatoms. The van der Waals surface area contributed by atoms with Gasteiger partial charge in [-0.05, 0) is 29.8 Å². The number of benzene rings is 3.